The van der Waals surface area contributed by atoms with Crippen molar-refractivity contribution in [3.63, 3.8) is 0 Å². The molecule has 0 atom stereocenters. The maximum atomic E-state index is 13.8. The summed E-state index contributed by atoms with van der Waals surface area (Å²) in [7, 11) is 0. The SMILES string of the molecule is CC(C)c1cc(C(F)(F)C(F)(F)F)c2ccccc2c1N. The van der Waals surface area contributed by atoms with Gasteiger partial charge in [-0.05, 0) is 22.9 Å². The Morgan fingerprint density at radius 2 is 1.48 bits per heavy atom. The number of hydrogen-bond acceptors (Lipinski definition) is 1. The molecule has 0 saturated heterocycles. The smallest absolute Gasteiger partial charge is 0.398 e. The van der Waals surface area contributed by atoms with Crippen LogP contribution in [-0.4, -0.2) is 6.18 Å². The van der Waals surface area contributed by atoms with Crippen LogP contribution in [0, 0.1) is 0 Å². The summed E-state index contributed by atoms with van der Waals surface area (Å²) in [6.07, 6.45) is -5.65. The van der Waals surface area contributed by atoms with Crippen LogP contribution in [0.4, 0.5) is 27.6 Å². The average Bonchev–Trinajstić information content (AvgIpc) is 2.37. The highest BCUT2D eigenvalue weighted by Gasteiger charge is 2.59. The van der Waals surface area contributed by atoms with Crippen LogP contribution in [0.3, 0.4) is 0 Å². The molecule has 0 spiro atoms. The van der Waals surface area contributed by atoms with Gasteiger partial charge in [-0.1, -0.05) is 38.1 Å². The van der Waals surface area contributed by atoms with E-state index in [4.69, 9.17) is 5.73 Å². The minimum atomic E-state index is -5.65. The zero-order valence-corrected chi connectivity index (χ0v) is 11.4. The first kappa shape index (κ1) is 15.5. The fourth-order valence-electron chi connectivity index (χ4n) is 2.31. The van der Waals surface area contributed by atoms with Crippen LogP contribution in [-0.2, 0) is 5.92 Å². The number of nitrogens with two attached hydrogens (primary N) is 1. The van der Waals surface area contributed by atoms with Crippen molar-refractivity contribution in [3.8, 4) is 0 Å². The Balaban J connectivity index is 2.89. The number of hydrogen-bond donors (Lipinski definition) is 1. The molecule has 0 radical (unpaired) electrons. The summed E-state index contributed by atoms with van der Waals surface area (Å²) >= 11 is 0. The van der Waals surface area contributed by atoms with E-state index in [2.05, 4.69) is 0 Å². The Labute approximate surface area is 118 Å². The standard InChI is InChI=1S/C15H14F5N/c1-8(2)11-7-12(14(16,17)15(18,19)20)9-5-3-4-6-10(9)13(11)21/h3-8H,21H2,1-2H3. The normalized spacial score (nSPS) is 13.1. The molecule has 2 aromatic carbocycles. The summed E-state index contributed by atoms with van der Waals surface area (Å²) in [5, 5.41) is 0.0318. The minimum absolute atomic E-state index is 0.179. The molecule has 0 aliphatic carbocycles. The van der Waals surface area contributed by atoms with Gasteiger partial charge >= 0.3 is 12.1 Å². The lowest BCUT2D eigenvalue weighted by molar-refractivity contribution is -0.288. The summed E-state index contributed by atoms with van der Waals surface area (Å²) in [4.78, 5) is 0. The zero-order valence-electron chi connectivity index (χ0n) is 11.4. The number of alkyl halides is 5. The van der Waals surface area contributed by atoms with E-state index in [9.17, 15) is 22.0 Å². The monoisotopic (exact) mass is 303 g/mol. The van der Waals surface area contributed by atoms with E-state index in [1.807, 2.05) is 0 Å². The molecule has 0 aromatic heterocycles. The molecule has 114 valence electrons. The summed E-state index contributed by atoms with van der Waals surface area (Å²) in [5.74, 6) is -5.19. The van der Waals surface area contributed by atoms with Crippen molar-refractivity contribution in [1.29, 1.82) is 0 Å². The summed E-state index contributed by atoms with van der Waals surface area (Å²) in [6.45, 7) is 3.38. The van der Waals surface area contributed by atoms with E-state index >= 15 is 0 Å². The van der Waals surface area contributed by atoms with Crippen molar-refractivity contribution in [2.24, 2.45) is 0 Å². The Bertz CT molecular complexity index is 674. The molecule has 2 aromatic rings. The topological polar surface area (TPSA) is 26.0 Å². The second-order valence-electron chi connectivity index (χ2n) is 5.20. The molecule has 1 nitrogen and oxygen atoms in total. The van der Waals surface area contributed by atoms with E-state index in [1.165, 1.54) is 18.2 Å². The van der Waals surface area contributed by atoms with E-state index in [-0.39, 0.29) is 27.9 Å². The van der Waals surface area contributed by atoms with Gasteiger partial charge in [-0.3, -0.25) is 0 Å². The van der Waals surface area contributed by atoms with Crippen LogP contribution >= 0.6 is 0 Å². The summed E-state index contributed by atoms with van der Waals surface area (Å²) in [5.41, 5.74) is 5.39. The Hall–Kier alpha value is -1.85. The molecule has 0 bridgehead atoms. The molecule has 21 heavy (non-hydrogen) atoms. The van der Waals surface area contributed by atoms with Gasteiger partial charge < -0.3 is 5.73 Å². The first-order chi connectivity index (χ1) is 9.57. The summed E-state index contributed by atoms with van der Waals surface area (Å²) < 4.78 is 65.7. The van der Waals surface area contributed by atoms with Crippen molar-refractivity contribution in [3.05, 3.63) is 41.5 Å². The van der Waals surface area contributed by atoms with Crippen molar-refractivity contribution in [1.82, 2.24) is 0 Å². The van der Waals surface area contributed by atoms with Crippen LogP contribution in [0.15, 0.2) is 30.3 Å². The molecule has 2 N–H and O–H groups in total. The highest BCUT2D eigenvalue weighted by molar-refractivity contribution is 5.97. The molecule has 0 aliphatic rings. The number of halogens is 5. The minimum Gasteiger partial charge on any atom is -0.398 e. The largest absolute Gasteiger partial charge is 0.458 e. The van der Waals surface area contributed by atoms with Crippen LogP contribution < -0.4 is 5.73 Å². The number of nitrogen functional groups attached to an aromatic ring is 1. The quantitative estimate of drug-likeness (QED) is 0.599. The number of anilines is 1. The fourth-order valence-corrected chi connectivity index (χ4v) is 2.31. The number of rotatable bonds is 2. The van der Waals surface area contributed by atoms with Gasteiger partial charge in [0.25, 0.3) is 0 Å². The third-order valence-electron chi connectivity index (χ3n) is 3.43. The van der Waals surface area contributed by atoms with Crippen LogP contribution in [0.1, 0.15) is 30.9 Å². The van der Waals surface area contributed by atoms with Gasteiger partial charge in [0.15, 0.2) is 0 Å². The molecular formula is C15H14F5N. The highest BCUT2D eigenvalue weighted by atomic mass is 19.4. The molecule has 0 aliphatic heterocycles. The molecule has 2 rings (SSSR count). The molecule has 0 amide bonds. The van der Waals surface area contributed by atoms with Gasteiger partial charge in [0.2, 0.25) is 0 Å². The van der Waals surface area contributed by atoms with Crippen LogP contribution in [0.2, 0.25) is 0 Å². The van der Waals surface area contributed by atoms with Gasteiger partial charge in [-0.25, -0.2) is 0 Å². The lowest BCUT2D eigenvalue weighted by Gasteiger charge is -2.24. The Morgan fingerprint density at radius 3 is 1.95 bits per heavy atom. The van der Waals surface area contributed by atoms with Gasteiger partial charge in [0, 0.05) is 16.6 Å². The van der Waals surface area contributed by atoms with Gasteiger partial charge in [-0.2, -0.15) is 22.0 Å². The second-order valence-corrected chi connectivity index (χ2v) is 5.20. The lowest BCUT2D eigenvalue weighted by Crippen LogP contribution is -2.34. The molecule has 6 heteroatoms. The van der Waals surface area contributed by atoms with E-state index in [1.54, 1.807) is 19.9 Å². The maximum absolute atomic E-state index is 13.8. The Morgan fingerprint density at radius 1 is 0.952 bits per heavy atom. The predicted molar refractivity (Wildman–Crippen MR) is 72.4 cm³/mol. The first-order valence-corrected chi connectivity index (χ1v) is 6.33. The van der Waals surface area contributed by atoms with Crippen LogP contribution in [0.5, 0.6) is 0 Å². The molecule has 0 heterocycles. The highest BCUT2D eigenvalue weighted by Crippen LogP contribution is 2.48. The Kier molecular flexibility index (Phi) is 3.59. The van der Waals surface area contributed by atoms with E-state index in [0.29, 0.717) is 0 Å². The molecular weight excluding hydrogens is 289 g/mol. The maximum Gasteiger partial charge on any atom is 0.458 e. The third-order valence-corrected chi connectivity index (χ3v) is 3.43. The molecule has 0 unspecified atom stereocenters. The van der Waals surface area contributed by atoms with Crippen LogP contribution in [0.25, 0.3) is 10.8 Å². The van der Waals surface area contributed by atoms with Crippen molar-refractivity contribution in [2.45, 2.75) is 31.9 Å². The zero-order chi connectivity index (χ0) is 16.0. The van der Waals surface area contributed by atoms with Gasteiger partial charge in [0.1, 0.15) is 0 Å². The summed E-state index contributed by atoms with van der Waals surface area (Å²) in [6, 6.07) is 6.51. The van der Waals surface area contributed by atoms with E-state index in [0.717, 1.165) is 6.07 Å². The van der Waals surface area contributed by atoms with Crippen molar-refractivity contribution < 1.29 is 22.0 Å². The van der Waals surface area contributed by atoms with E-state index < -0.39 is 17.7 Å². The second kappa shape index (κ2) is 4.86. The van der Waals surface area contributed by atoms with Gasteiger partial charge in [0.05, 0.1) is 0 Å². The third kappa shape index (κ3) is 2.43. The van der Waals surface area contributed by atoms with Crippen molar-refractivity contribution in [2.75, 3.05) is 5.73 Å². The molecule has 0 saturated carbocycles. The fraction of sp³-hybridized carbons (Fsp3) is 0.333. The number of benzene rings is 2. The van der Waals surface area contributed by atoms with Gasteiger partial charge in [-0.15, -0.1) is 0 Å². The first-order valence-electron chi connectivity index (χ1n) is 6.33. The predicted octanol–water partition coefficient (Wildman–Crippen LogP) is 5.20. The lowest BCUT2D eigenvalue weighted by atomic mass is 9.90. The molecule has 0 fully saturated rings. The van der Waals surface area contributed by atoms with Crippen molar-refractivity contribution >= 4 is 16.5 Å². The average molecular weight is 303 g/mol. The number of fused-ring (bicyclic) bond motifs is 1.